The number of imidazole rings is 1. The van der Waals surface area contributed by atoms with Gasteiger partial charge in [0.1, 0.15) is 23.1 Å². The minimum absolute atomic E-state index is 0.0625. The number of hydrogen-bond donors (Lipinski definition) is 2. The molecule has 9 heteroatoms. The third-order valence-corrected chi connectivity index (χ3v) is 6.23. The number of alkyl halides is 1. The van der Waals surface area contributed by atoms with Crippen LogP contribution in [-0.4, -0.2) is 39.8 Å². The molecule has 0 spiro atoms. The molecule has 2 aliphatic heterocycles. The van der Waals surface area contributed by atoms with Gasteiger partial charge in [0.25, 0.3) is 5.91 Å². The van der Waals surface area contributed by atoms with Crippen molar-refractivity contribution in [2.24, 2.45) is 4.99 Å². The maximum atomic E-state index is 14.2. The smallest absolute Gasteiger partial charge is 0.269 e. The molecule has 156 valence electrons. The summed E-state index contributed by atoms with van der Waals surface area (Å²) in [6.07, 6.45) is 14.2. The molecule has 2 N–H and O–H groups in total. The number of nitrogens with zero attached hydrogens (tertiary/aromatic N) is 3. The number of amides is 1. The van der Waals surface area contributed by atoms with Crippen LogP contribution in [0, 0.1) is 0 Å². The fourth-order valence-corrected chi connectivity index (χ4v) is 4.34. The number of hydrogen-bond acceptors (Lipinski definition) is 4. The summed E-state index contributed by atoms with van der Waals surface area (Å²) in [6, 6.07) is 0.524. The lowest BCUT2D eigenvalue weighted by molar-refractivity contribution is -0.115. The number of dihydropyridines is 1. The summed E-state index contributed by atoms with van der Waals surface area (Å²) < 4.78 is 16.2. The first-order valence-corrected chi connectivity index (χ1v) is 11.4. The number of fused-ring (bicyclic) bond motifs is 1. The van der Waals surface area contributed by atoms with Crippen LogP contribution < -0.4 is 10.6 Å². The van der Waals surface area contributed by atoms with E-state index in [0.717, 1.165) is 56.6 Å². The lowest BCUT2D eigenvalue weighted by Crippen LogP contribution is -2.44. The van der Waals surface area contributed by atoms with E-state index in [-0.39, 0.29) is 11.9 Å². The van der Waals surface area contributed by atoms with E-state index in [4.69, 9.17) is 0 Å². The predicted octanol–water partition coefficient (Wildman–Crippen LogP) is 2.88. The molecule has 2 unspecified atom stereocenters. The molecular formula is C20H28FN5OP2. The second kappa shape index (κ2) is 8.65. The molecule has 29 heavy (non-hydrogen) atoms. The van der Waals surface area contributed by atoms with Crippen LogP contribution in [-0.2, 0) is 16.4 Å². The van der Waals surface area contributed by atoms with E-state index in [2.05, 4.69) is 45.2 Å². The highest BCUT2D eigenvalue weighted by atomic mass is 31.1. The minimum atomic E-state index is -1.61. The molecule has 0 aromatic carbocycles. The minimum Gasteiger partial charge on any atom is -0.369 e. The van der Waals surface area contributed by atoms with Crippen LogP contribution in [0.5, 0.6) is 0 Å². The van der Waals surface area contributed by atoms with Crippen molar-refractivity contribution in [2.75, 3.05) is 6.54 Å². The van der Waals surface area contributed by atoms with Gasteiger partial charge < -0.3 is 10.6 Å². The highest BCUT2D eigenvalue weighted by Crippen LogP contribution is 2.40. The van der Waals surface area contributed by atoms with Gasteiger partial charge >= 0.3 is 0 Å². The van der Waals surface area contributed by atoms with Gasteiger partial charge in [0.15, 0.2) is 5.15 Å². The third-order valence-electron chi connectivity index (χ3n) is 5.64. The van der Waals surface area contributed by atoms with E-state index < -0.39 is 5.15 Å². The van der Waals surface area contributed by atoms with E-state index >= 15 is 0 Å². The number of nitrogens with one attached hydrogen (secondary N) is 2. The molecular weight excluding hydrogens is 407 g/mol. The highest BCUT2D eigenvalue weighted by molar-refractivity contribution is 7.38. The summed E-state index contributed by atoms with van der Waals surface area (Å²) in [4.78, 5) is 21.1. The average Bonchev–Trinajstić information content (AvgIpc) is 3.16. The number of aromatic nitrogens is 2. The second-order valence-corrected chi connectivity index (χ2v) is 10.3. The maximum Gasteiger partial charge on any atom is 0.269 e. The molecule has 0 radical (unpaired) electrons. The van der Waals surface area contributed by atoms with Crippen LogP contribution in [0.4, 0.5) is 4.39 Å². The van der Waals surface area contributed by atoms with E-state index in [1.165, 1.54) is 0 Å². The van der Waals surface area contributed by atoms with Gasteiger partial charge in [-0.3, -0.25) is 14.4 Å². The van der Waals surface area contributed by atoms with Crippen molar-refractivity contribution in [3.63, 3.8) is 0 Å². The van der Waals surface area contributed by atoms with Gasteiger partial charge in [-0.25, -0.2) is 9.37 Å². The van der Waals surface area contributed by atoms with Crippen LogP contribution in [0.25, 0.3) is 5.82 Å². The number of aliphatic imine (C=N–C) groups is 1. The van der Waals surface area contributed by atoms with Crippen molar-refractivity contribution in [2.45, 2.75) is 62.2 Å². The first-order chi connectivity index (χ1) is 13.9. The van der Waals surface area contributed by atoms with Crippen molar-refractivity contribution in [1.29, 1.82) is 0 Å². The molecule has 6 nitrogen and oxygen atoms in total. The van der Waals surface area contributed by atoms with E-state index in [1.54, 1.807) is 6.20 Å². The topological polar surface area (TPSA) is 71.3 Å². The summed E-state index contributed by atoms with van der Waals surface area (Å²) in [5.41, 5.74) is 0.947. The molecule has 0 saturated heterocycles. The average molecular weight is 435 g/mol. The molecule has 1 aromatic heterocycles. The normalized spacial score (nSPS) is 24.4. The van der Waals surface area contributed by atoms with Crippen LogP contribution in [0.3, 0.4) is 0 Å². The Hall–Kier alpha value is -1.58. The Morgan fingerprint density at radius 1 is 1.21 bits per heavy atom. The Kier molecular flexibility index (Phi) is 6.17. The summed E-state index contributed by atoms with van der Waals surface area (Å²) in [6.45, 7) is 0.694. The van der Waals surface area contributed by atoms with Crippen molar-refractivity contribution < 1.29 is 9.18 Å². The van der Waals surface area contributed by atoms with Gasteiger partial charge in [0, 0.05) is 31.2 Å². The largest absolute Gasteiger partial charge is 0.369 e. The van der Waals surface area contributed by atoms with Gasteiger partial charge in [-0.1, -0.05) is 24.6 Å². The summed E-state index contributed by atoms with van der Waals surface area (Å²) in [5.74, 6) is 1.81. The number of rotatable bonds is 5. The first-order valence-electron chi connectivity index (χ1n) is 10.2. The van der Waals surface area contributed by atoms with Crippen LogP contribution >= 0.6 is 18.5 Å². The van der Waals surface area contributed by atoms with Crippen LogP contribution in [0.1, 0.15) is 50.0 Å². The van der Waals surface area contributed by atoms with E-state index in [0.29, 0.717) is 24.0 Å². The van der Waals surface area contributed by atoms with E-state index in [9.17, 15) is 9.18 Å². The quantitative estimate of drug-likeness (QED) is 0.699. The van der Waals surface area contributed by atoms with Crippen molar-refractivity contribution in [3.8, 4) is 0 Å². The second-order valence-electron chi connectivity index (χ2n) is 7.93. The molecule has 1 saturated carbocycles. The number of carbonyl (C=O) groups excluding carboxylic acids is 1. The summed E-state index contributed by atoms with van der Waals surface area (Å²) >= 11 is 0. The zero-order valence-corrected chi connectivity index (χ0v) is 18.7. The zero-order valence-electron chi connectivity index (χ0n) is 16.4. The number of halogens is 1. The standard InChI is InChI=1S/C20H28FN5OP2/c21-20(28,29)16-12-26-17(5-3-6-18(26)25-16)23-13-7-9-14(10-8-13)24-19(27)15-4-1-2-11-22-15/h1,4-5,12-14,23H,2-3,6-11,28-29H2,(H,24,27). The Morgan fingerprint density at radius 3 is 2.66 bits per heavy atom. The molecule has 1 aromatic rings. The first kappa shape index (κ1) is 20.7. The predicted molar refractivity (Wildman–Crippen MR) is 120 cm³/mol. The summed E-state index contributed by atoms with van der Waals surface area (Å²) in [5, 5.41) is 5.13. The number of allylic oxidation sites excluding steroid dienone is 1. The van der Waals surface area contributed by atoms with Crippen molar-refractivity contribution in [3.05, 3.63) is 35.9 Å². The number of carbonyl (C=O) groups is 1. The number of aryl methyl sites for hydroxylation is 1. The summed E-state index contributed by atoms with van der Waals surface area (Å²) in [7, 11) is 4.36. The van der Waals surface area contributed by atoms with Gasteiger partial charge in [0.05, 0.1) is 0 Å². The van der Waals surface area contributed by atoms with Crippen molar-refractivity contribution >= 4 is 35.9 Å². The van der Waals surface area contributed by atoms with Crippen LogP contribution in [0.2, 0.25) is 0 Å². The lowest BCUT2D eigenvalue weighted by atomic mass is 9.91. The van der Waals surface area contributed by atoms with Gasteiger partial charge in [-0.15, -0.1) is 0 Å². The molecule has 0 bridgehead atoms. The molecule has 4 rings (SSSR count). The third kappa shape index (κ3) is 4.95. The maximum absolute atomic E-state index is 14.2. The molecule has 2 atom stereocenters. The van der Waals surface area contributed by atoms with Crippen molar-refractivity contribution in [1.82, 2.24) is 20.2 Å². The molecule has 3 heterocycles. The van der Waals surface area contributed by atoms with Gasteiger partial charge in [-0.05, 0) is 50.7 Å². The fraction of sp³-hybridized carbons (Fsp3) is 0.550. The highest BCUT2D eigenvalue weighted by Gasteiger charge is 2.28. The Bertz CT molecular complexity index is 863. The Balaban J connectivity index is 1.32. The molecule has 1 fully saturated rings. The Labute approximate surface area is 175 Å². The van der Waals surface area contributed by atoms with Gasteiger partial charge in [0.2, 0.25) is 0 Å². The Morgan fingerprint density at radius 2 is 1.97 bits per heavy atom. The van der Waals surface area contributed by atoms with E-state index in [1.807, 2.05) is 16.7 Å². The fourth-order valence-electron chi connectivity index (χ4n) is 4.06. The molecule has 1 aliphatic carbocycles. The lowest BCUT2D eigenvalue weighted by Gasteiger charge is -2.32. The monoisotopic (exact) mass is 435 g/mol. The van der Waals surface area contributed by atoms with Crippen LogP contribution in [0.15, 0.2) is 29.4 Å². The molecule has 3 aliphatic rings. The molecule has 1 amide bonds. The van der Waals surface area contributed by atoms with Gasteiger partial charge in [-0.2, -0.15) is 0 Å². The SMILES string of the molecule is O=C(NC1CCC(NC2=CCCc3nc(C(F)(P)P)cn32)CC1)C1=NCCC=C1. The zero-order chi connectivity index (χ0) is 20.4.